The number of carbonyl (C=O) groups excluding carboxylic acids is 2. The minimum atomic E-state index is -0.382. The molecule has 2 amide bonds. The third-order valence-electron chi connectivity index (χ3n) is 7.29. The van der Waals surface area contributed by atoms with E-state index < -0.39 is 0 Å². The van der Waals surface area contributed by atoms with Gasteiger partial charge in [-0.15, -0.1) is 17.5 Å². The molecule has 12 heteroatoms. The van der Waals surface area contributed by atoms with Gasteiger partial charge in [-0.05, 0) is 49.8 Å². The fraction of sp³-hybridized carbons (Fsp3) is 0.643. The predicted octanol–water partition coefficient (Wildman–Crippen LogP) is 2.73. The average molecular weight is 581 g/mol. The summed E-state index contributed by atoms with van der Waals surface area (Å²) in [5, 5.41) is 12.0. The summed E-state index contributed by atoms with van der Waals surface area (Å²) in [4.78, 5) is 31.1. The molecule has 2 saturated heterocycles. The fourth-order valence-electron chi connectivity index (χ4n) is 5.36. The fourth-order valence-corrected chi connectivity index (χ4v) is 5.36. The quantitative estimate of drug-likeness (QED) is 0.408. The van der Waals surface area contributed by atoms with E-state index in [0.29, 0.717) is 76.8 Å². The molecule has 0 spiro atoms. The number of morpholine rings is 1. The topological polar surface area (TPSA) is 102 Å². The van der Waals surface area contributed by atoms with Crippen molar-refractivity contribution in [2.24, 2.45) is 11.8 Å². The molecule has 222 valence electrons. The standard InChI is InChI=1S/C28H41FN6O4.ClH/c1-20(2)19-34(24-15-21(17-30-18-24)27(36)33-10-13-39-14-11-33)28(37)26-25(9-4-5-12-38-3)35(32-31-26)23-8-6-7-22(29)16-23;/h6-8,16,20-21,24,30H,4-5,9-15,17-19H2,1-3H3;1H/t21-,24+;/m1./s1. The minimum absolute atomic E-state index is 0. The van der Waals surface area contributed by atoms with Crippen LogP contribution in [0.25, 0.3) is 5.69 Å². The number of methoxy groups -OCH3 is 1. The second-order valence-electron chi connectivity index (χ2n) is 10.8. The van der Waals surface area contributed by atoms with E-state index in [-0.39, 0.29) is 53.6 Å². The Bertz CT molecular complexity index is 1110. The average Bonchev–Trinajstić information content (AvgIpc) is 3.37. The lowest BCUT2D eigenvalue weighted by Crippen LogP contribution is -2.56. The first-order valence-electron chi connectivity index (χ1n) is 14.0. The Balaban J connectivity index is 0.00000441. The van der Waals surface area contributed by atoms with Crippen molar-refractivity contribution in [1.29, 1.82) is 0 Å². The number of benzene rings is 1. The van der Waals surface area contributed by atoms with E-state index in [1.165, 1.54) is 12.1 Å². The van der Waals surface area contributed by atoms with Gasteiger partial charge >= 0.3 is 0 Å². The first kappa shape index (κ1) is 31.9. The molecule has 40 heavy (non-hydrogen) atoms. The molecule has 0 bridgehead atoms. The molecule has 1 aromatic heterocycles. The molecular weight excluding hydrogens is 539 g/mol. The van der Waals surface area contributed by atoms with Crippen molar-refractivity contribution in [3.8, 4) is 5.69 Å². The van der Waals surface area contributed by atoms with E-state index in [2.05, 4.69) is 29.5 Å². The Labute approximate surface area is 242 Å². The lowest BCUT2D eigenvalue weighted by Gasteiger charge is -2.40. The van der Waals surface area contributed by atoms with Gasteiger partial charge in [0, 0.05) is 52.5 Å². The zero-order chi connectivity index (χ0) is 27.8. The summed E-state index contributed by atoms with van der Waals surface area (Å²) in [6, 6.07) is 5.97. The second-order valence-corrected chi connectivity index (χ2v) is 10.8. The smallest absolute Gasteiger partial charge is 0.276 e. The van der Waals surface area contributed by atoms with Crippen molar-refractivity contribution >= 4 is 24.2 Å². The van der Waals surface area contributed by atoms with E-state index in [4.69, 9.17) is 9.47 Å². The Morgan fingerprint density at radius 1 is 1.23 bits per heavy atom. The normalized spacial score (nSPS) is 19.4. The largest absolute Gasteiger partial charge is 0.385 e. The van der Waals surface area contributed by atoms with Crippen LogP contribution in [0.1, 0.15) is 49.3 Å². The molecule has 0 aliphatic carbocycles. The number of halogens is 2. The van der Waals surface area contributed by atoms with Crippen LogP contribution in [0.4, 0.5) is 4.39 Å². The number of piperidine rings is 1. The van der Waals surface area contributed by atoms with Crippen LogP contribution in [0.15, 0.2) is 24.3 Å². The summed E-state index contributed by atoms with van der Waals surface area (Å²) in [5.41, 5.74) is 1.45. The lowest BCUT2D eigenvalue weighted by molar-refractivity contribution is -0.140. The highest BCUT2D eigenvalue weighted by atomic mass is 35.5. The molecule has 2 atom stereocenters. The zero-order valence-corrected chi connectivity index (χ0v) is 24.5. The van der Waals surface area contributed by atoms with Gasteiger partial charge in [0.25, 0.3) is 5.91 Å². The van der Waals surface area contributed by atoms with Crippen LogP contribution in [0.5, 0.6) is 0 Å². The third kappa shape index (κ3) is 7.99. The predicted molar refractivity (Wildman–Crippen MR) is 151 cm³/mol. The molecule has 0 radical (unpaired) electrons. The van der Waals surface area contributed by atoms with Crippen molar-refractivity contribution in [3.63, 3.8) is 0 Å². The molecule has 3 heterocycles. The van der Waals surface area contributed by atoms with Gasteiger partial charge in [0.1, 0.15) is 5.82 Å². The number of nitrogens with one attached hydrogen (secondary N) is 1. The van der Waals surface area contributed by atoms with Crippen molar-refractivity contribution in [1.82, 2.24) is 30.1 Å². The van der Waals surface area contributed by atoms with E-state index in [9.17, 15) is 14.0 Å². The zero-order valence-electron chi connectivity index (χ0n) is 23.7. The molecule has 2 aliphatic rings. The summed E-state index contributed by atoms with van der Waals surface area (Å²) < 4.78 is 26.2. The summed E-state index contributed by atoms with van der Waals surface area (Å²) in [5.74, 6) is -0.469. The van der Waals surface area contributed by atoms with Crippen LogP contribution in [0, 0.1) is 17.7 Å². The Hall–Kier alpha value is -2.60. The number of amides is 2. The number of aromatic nitrogens is 3. The summed E-state index contributed by atoms with van der Waals surface area (Å²) in [7, 11) is 1.66. The maximum absolute atomic E-state index is 14.2. The van der Waals surface area contributed by atoms with Gasteiger partial charge < -0.3 is 24.6 Å². The van der Waals surface area contributed by atoms with Crippen LogP contribution in [0.3, 0.4) is 0 Å². The molecular formula is C28H42ClFN6O4. The van der Waals surface area contributed by atoms with Crippen molar-refractivity contribution in [2.45, 2.75) is 45.6 Å². The van der Waals surface area contributed by atoms with Gasteiger partial charge in [-0.3, -0.25) is 9.59 Å². The van der Waals surface area contributed by atoms with Crippen molar-refractivity contribution in [2.75, 3.05) is 59.7 Å². The van der Waals surface area contributed by atoms with Crippen LogP contribution >= 0.6 is 12.4 Å². The number of rotatable bonds is 11. The summed E-state index contributed by atoms with van der Waals surface area (Å²) in [6.45, 7) is 8.79. The SMILES string of the molecule is COCCCCc1c(C(=O)N(CC(C)C)[C@@H]2CNC[C@H](C(=O)N3CCOCC3)C2)nnn1-c1cccc(F)c1.Cl. The monoisotopic (exact) mass is 580 g/mol. The second kappa shape index (κ2) is 15.4. The molecule has 0 saturated carbocycles. The Morgan fingerprint density at radius 3 is 2.70 bits per heavy atom. The van der Waals surface area contributed by atoms with Crippen LogP contribution < -0.4 is 5.32 Å². The first-order valence-corrected chi connectivity index (χ1v) is 14.0. The summed E-state index contributed by atoms with van der Waals surface area (Å²) in [6.07, 6.45) is 2.71. The van der Waals surface area contributed by atoms with E-state index >= 15 is 0 Å². The van der Waals surface area contributed by atoms with Gasteiger partial charge in [0.15, 0.2) is 5.69 Å². The highest BCUT2D eigenvalue weighted by molar-refractivity contribution is 5.94. The van der Waals surface area contributed by atoms with E-state index in [1.807, 2.05) is 9.80 Å². The van der Waals surface area contributed by atoms with Crippen LogP contribution in [0.2, 0.25) is 0 Å². The van der Waals surface area contributed by atoms with Crippen LogP contribution in [-0.2, 0) is 20.7 Å². The first-order chi connectivity index (χ1) is 18.9. The highest BCUT2D eigenvalue weighted by Gasteiger charge is 2.37. The van der Waals surface area contributed by atoms with Gasteiger partial charge in [-0.2, -0.15) is 0 Å². The maximum Gasteiger partial charge on any atom is 0.276 e. The van der Waals surface area contributed by atoms with Gasteiger partial charge in [-0.25, -0.2) is 9.07 Å². The molecule has 10 nitrogen and oxygen atoms in total. The molecule has 2 fully saturated rings. The van der Waals surface area contributed by atoms with Crippen molar-refractivity contribution in [3.05, 3.63) is 41.5 Å². The molecule has 1 aromatic carbocycles. The Morgan fingerprint density at radius 2 is 2.00 bits per heavy atom. The molecule has 2 aliphatic heterocycles. The van der Waals surface area contributed by atoms with Gasteiger partial charge in [0.05, 0.1) is 30.5 Å². The van der Waals surface area contributed by atoms with E-state index in [0.717, 1.165) is 12.8 Å². The summed E-state index contributed by atoms with van der Waals surface area (Å²) >= 11 is 0. The highest BCUT2D eigenvalue weighted by Crippen LogP contribution is 2.24. The molecule has 1 N–H and O–H groups in total. The Kier molecular flexibility index (Phi) is 12.3. The van der Waals surface area contributed by atoms with Crippen LogP contribution in [-0.4, -0.2) is 102 Å². The lowest BCUT2D eigenvalue weighted by atomic mass is 9.92. The van der Waals surface area contributed by atoms with E-state index in [1.54, 1.807) is 23.9 Å². The molecule has 2 aromatic rings. The number of carbonyl (C=O) groups is 2. The number of nitrogens with zero attached hydrogens (tertiary/aromatic N) is 5. The minimum Gasteiger partial charge on any atom is -0.385 e. The number of unbranched alkanes of at least 4 members (excludes halogenated alkanes) is 1. The number of ether oxygens (including phenoxy) is 2. The molecule has 0 unspecified atom stereocenters. The number of hydrogen-bond acceptors (Lipinski definition) is 7. The van der Waals surface area contributed by atoms with Gasteiger partial charge in [-0.1, -0.05) is 25.1 Å². The number of hydrogen-bond donors (Lipinski definition) is 1. The molecule has 4 rings (SSSR count). The third-order valence-corrected chi connectivity index (χ3v) is 7.29. The van der Waals surface area contributed by atoms with Gasteiger partial charge in [0.2, 0.25) is 5.91 Å². The van der Waals surface area contributed by atoms with Crippen molar-refractivity contribution < 1.29 is 23.5 Å². The maximum atomic E-state index is 14.2.